The maximum Gasteiger partial charge on any atom is 0.128 e. The smallest absolute Gasteiger partial charge is 0.128 e. The minimum atomic E-state index is 0.163. The molecule has 1 unspecified atom stereocenters. The number of nitrogens with two attached hydrogens (primary N) is 1. The lowest BCUT2D eigenvalue weighted by atomic mass is 10.1. The summed E-state index contributed by atoms with van der Waals surface area (Å²) in [6, 6.07) is 6.27. The molecule has 0 aliphatic heterocycles. The van der Waals surface area contributed by atoms with Crippen LogP contribution in [0.3, 0.4) is 0 Å². The summed E-state index contributed by atoms with van der Waals surface area (Å²) in [6.07, 6.45) is 3.01. The molecule has 3 nitrogen and oxygen atoms in total. The van der Waals surface area contributed by atoms with Gasteiger partial charge in [-0.05, 0) is 31.0 Å². The van der Waals surface area contributed by atoms with Gasteiger partial charge in [-0.25, -0.2) is 0 Å². The number of hydrogen-bond donors (Lipinski definition) is 1. The van der Waals surface area contributed by atoms with E-state index in [2.05, 4.69) is 16.8 Å². The zero-order valence-corrected chi connectivity index (χ0v) is 10.0. The number of aromatic nitrogens is 1. The first-order chi connectivity index (χ1) is 7.63. The first-order valence-corrected chi connectivity index (χ1v) is 5.50. The number of ether oxygens (including phenoxy) is 1. The number of nitrogens with zero attached hydrogens (tertiary/aromatic N) is 1. The van der Waals surface area contributed by atoms with Crippen LogP contribution >= 0.6 is 0 Å². The lowest BCUT2D eigenvalue weighted by Gasteiger charge is -2.06. The first kappa shape index (κ1) is 11.0. The van der Waals surface area contributed by atoms with Gasteiger partial charge in [0.2, 0.25) is 0 Å². The molecule has 1 atom stereocenters. The molecule has 0 aliphatic carbocycles. The number of hydrogen-bond acceptors (Lipinski definition) is 2. The van der Waals surface area contributed by atoms with E-state index in [0.717, 1.165) is 12.2 Å². The molecule has 0 bridgehead atoms. The average molecular weight is 218 g/mol. The molecule has 2 rings (SSSR count). The zero-order valence-electron chi connectivity index (χ0n) is 10.0. The summed E-state index contributed by atoms with van der Waals surface area (Å²) in [4.78, 5) is 0. The molecule has 86 valence electrons. The van der Waals surface area contributed by atoms with E-state index >= 15 is 0 Å². The maximum atomic E-state index is 5.87. The van der Waals surface area contributed by atoms with Gasteiger partial charge in [0.1, 0.15) is 5.75 Å². The Balaban J connectivity index is 2.64. The topological polar surface area (TPSA) is 40.2 Å². The van der Waals surface area contributed by atoms with Crippen molar-refractivity contribution in [3.05, 3.63) is 30.0 Å². The van der Waals surface area contributed by atoms with Crippen LogP contribution in [0, 0.1) is 0 Å². The summed E-state index contributed by atoms with van der Waals surface area (Å²) in [6.45, 7) is 2.02. The number of fused-ring (bicyclic) bond motifs is 1. The average Bonchev–Trinajstić information content (AvgIpc) is 2.55. The van der Waals surface area contributed by atoms with Crippen LogP contribution in [0.15, 0.2) is 24.4 Å². The van der Waals surface area contributed by atoms with Gasteiger partial charge < -0.3 is 15.0 Å². The molecule has 16 heavy (non-hydrogen) atoms. The van der Waals surface area contributed by atoms with Crippen LogP contribution in [0.5, 0.6) is 5.75 Å². The third-order valence-corrected chi connectivity index (χ3v) is 2.82. The number of methoxy groups -OCH3 is 1. The normalized spacial score (nSPS) is 13.0. The molecule has 0 saturated heterocycles. The van der Waals surface area contributed by atoms with E-state index in [1.54, 1.807) is 7.11 Å². The Morgan fingerprint density at radius 3 is 2.81 bits per heavy atom. The Bertz CT molecular complexity index is 500. The van der Waals surface area contributed by atoms with Crippen LogP contribution in [-0.2, 0) is 13.5 Å². The molecule has 1 heterocycles. The highest BCUT2D eigenvalue weighted by molar-refractivity contribution is 5.90. The zero-order chi connectivity index (χ0) is 11.7. The Morgan fingerprint density at radius 1 is 1.44 bits per heavy atom. The summed E-state index contributed by atoms with van der Waals surface area (Å²) in [7, 11) is 3.75. The lowest BCUT2D eigenvalue weighted by Crippen LogP contribution is -2.17. The number of aryl methyl sites for hydroxylation is 1. The highest BCUT2D eigenvalue weighted by atomic mass is 16.5. The Hall–Kier alpha value is -1.48. The van der Waals surface area contributed by atoms with Crippen molar-refractivity contribution in [1.29, 1.82) is 0 Å². The molecule has 0 fully saturated rings. The molecule has 1 aromatic carbocycles. The van der Waals surface area contributed by atoms with Crippen molar-refractivity contribution >= 4 is 10.9 Å². The van der Waals surface area contributed by atoms with Crippen molar-refractivity contribution in [3.63, 3.8) is 0 Å². The van der Waals surface area contributed by atoms with E-state index in [1.165, 1.54) is 16.5 Å². The van der Waals surface area contributed by atoms with Crippen molar-refractivity contribution in [1.82, 2.24) is 4.57 Å². The second-order valence-electron chi connectivity index (χ2n) is 4.30. The van der Waals surface area contributed by atoms with Crippen LogP contribution in [0.2, 0.25) is 0 Å². The van der Waals surface area contributed by atoms with Gasteiger partial charge in [-0.15, -0.1) is 0 Å². The molecule has 0 radical (unpaired) electrons. The van der Waals surface area contributed by atoms with Crippen LogP contribution in [0.25, 0.3) is 10.9 Å². The molecule has 3 heteroatoms. The van der Waals surface area contributed by atoms with Crippen molar-refractivity contribution in [2.45, 2.75) is 19.4 Å². The SMILES string of the molecule is COc1cccc2c1c(CC(C)N)cn2C. The van der Waals surface area contributed by atoms with Crippen molar-refractivity contribution in [2.75, 3.05) is 7.11 Å². The van der Waals surface area contributed by atoms with Gasteiger partial charge in [0.15, 0.2) is 0 Å². The van der Waals surface area contributed by atoms with Gasteiger partial charge >= 0.3 is 0 Å². The molecule has 0 aliphatic rings. The quantitative estimate of drug-likeness (QED) is 0.856. The largest absolute Gasteiger partial charge is 0.496 e. The fourth-order valence-electron chi connectivity index (χ4n) is 2.18. The van der Waals surface area contributed by atoms with Gasteiger partial charge in [-0.1, -0.05) is 6.07 Å². The fraction of sp³-hybridized carbons (Fsp3) is 0.385. The van der Waals surface area contributed by atoms with E-state index < -0.39 is 0 Å². The maximum absolute atomic E-state index is 5.87. The van der Waals surface area contributed by atoms with Gasteiger partial charge in [0.05, 0.1) is 12.6 Å². The van der Waals surface area contributed by atoms with Crippen LogP contribution in [-0.4, -0.2) is 17.7 Å². The van der Waals surface area contributed by atoms with Gasteiger partial charge in [-0.3, -0.25) is 0 Å². The van der Waals surface area contributed by atoms with Crippen LogP contribution in [0.1, 0.15) is 12.5 Å². The van der Waals surface area contributed by atoms with Crippen molar-refractivity contribution < 1.29 is 4.74 Å². The second-order valence-corrected chi connectivity index (χ2v) is 4.30. The Kier molecular flexibility index (Phi) is 2.88. The highest BCUT2D eigenvalue weighted by Gasteiger charge is 2.12. The summed E-state index contributed by atoms with van der Waals surface area (Å²) >= 11 is 0. The molecule has 2 N–H and O–H groups in total. The van der Waals surface area contributed by atoms with Crippen molar-refractivity contribution in [2.24, 2.45) is 12.8 Å². The second kappa shape index (κ2) is 4.18. The van der Waals surface area contributed by atoms with Gasteiger partial charge in [0.25, 0.3) is 0 Å². The van der Waals surface area contributed by atoms with Crippen LogP contribution < -0.4 is 10.5 Å². The summed E-state index contributed by atoms with van der Waals surface area (Å²) in [5.41, 5.74) is 8.31. The summed E-state index contributed by atoms with van der Waals surface area (Å²) in [5, 5.41) is 1.18. The Labute approximate surface area is 95.8 Å². The van der Waals surface area contributed by atoms with E-state index in [0.29, 0.717) is 0 Å². The van der Waals surface area contributed by atoms with Crippen LogP contribution in [0.4, 0.5) is 0 Å². The minimum absolute atomic E-state index is 0.163. The highest BCUT2D eigenvalue weighted by Crippen LogP contribution is 2.30. The first-order valence-electron chi connectivity index (χ1n) is 5.50. The van der Waals surface area contributed by atoms with E-state index in [4.69, 9.17) is 10.5 Å². The molecule has 2 aromatic rings. The lowest BCUT2D eigenvalue weighted by molar-refractivity contribution is 0.419. The molecular weight excluding hydrogens is 200 g/mol. The third kappa shape index (κ3) is 1.78. The van der Waals surface area contributed by atoms with Gasteiger partial charge in [-0.2, -0.15) is 0 Å². The minimum Gasteiger partial charge on any atom is -0.496 e. The van der Waals surface area contributed by atoms with E-state index in [-0.39, 0.29) is 6.04 Å². The standard InChI is InChI=1S/C13H18N2O/c1-9(14)7-10-8-15(2)11-5-4-6-12(16-3)13(10)11/h4-6,8-9H,7,14H2,1-3H3. The third-order valence-electron chi connectivity index (χ3n) is 2.82. The van der Waals surface area contributed by atoms with E-state index in [9.17, 15) is 0 Å². The number of rotatable bonds is 3. The number of benzene rings is 1. The molecule has 1 aromatic heterocycles. The van der Waals surface area contributed by atoms with E-state index in [1.807, 2.05) is 26.1 Å². The predicted molar refractivity (Wildman–Crippen MR) is 66.8 cm³/mol. The summed E-state index contributed by atoms with van der Waals surface area (Å²) < 4.78 is 7.53. The fourth-order valence-corrected chi connectivity index (χ4v) is 2.18. The Morgan fingerprint density at radius 2 is 2.19 bits per heavy atom. The van der Waals surface area contributed by atoms with Gasteiger partial charge in [0, 0.05) is 24.7 Å². The molecule has 0 saturated carbocycles. The predicted octanol–water partition coefficient (Wildman–Crippen LogP) is 2.08. The molecular formula is C13H18N2O. The molecule has 0 amide bonds. The monoisotopic (exact) mass is 218 g/mol. The molecule has 0 spiro atoms. The summed E-state index contributed by atoms with van der Waals surface area (Å²) in [5.74, 6) is 0.925. The van der Waals surface area contributed by atoms with Crippen molar-refractivity contribution in [3.8, 4) is 5.75 Å².